The Morgan fingerprint density at radius 1 is 0.750 bits per heavy atom. The lowest BCUT2D eigenvalue weighted by molar-refractivity contribution is -0.114. The minimum absolute atomic E-state index is 0.145. The second-order valence-corrected chi connectivity index (χ2v) is 9.40. The highest BCUT2D eigenvalue weighted by atomic mass is 32.2. The number of hydrogen-bond acceptors (Lipinski definition) is 9. The van der Waals surface area contributed by atoms with Crippen molar-refractivity contribution in [2.24, 2.45) is 0 Å². The van der Waals surface area contributed by atoms with Crippen LogP contribution >= 0.6 is 23.5 Å². The number of Topliss-reactive ketones (excluding diaryl/α,β-unsaturated/α-hetero) is 1. The smallest absolute Gasteiger partial charge is 0.210 e. The first-order valence-electron chi connectivity index (χ1n) is 10.1. The minimum Gasteiger partial charge on any atom is -0.298 e. The molecule has 2 heterocycles. The summed E-state index contributed by atoms with van der Waals surface area (Å²) in [6.45, 7) is 0. The molecule has 0 radical (unpaired) electrons. The monoisotopic (exact) mass is 422 g/mol. The van der Waals surface area contributed by atoms with Crippen molar-refractivity contribution in [1.29, 1.82) is 0 Å². The highest BCUT2D eigenvalue weighted by Gasteiger charge is 2.22. The summed E-state index contributed by atoms with van der Waals surface area (Å²) in [6, 6.07) is 0.742. The fourth-order valence-corrected chi connectivity index (χ4v) is 5.74. The third-order valence-corrected chi connectivity index (χ3v) is 7.48. The van der Waals surface area contributed by atoms with Crippen molar-refractivity contribution in [2.45, 2.75) is 86.6 Å². The van der Waals surface area contributed by atoms with Gasteiger partial charge in [-0.25, -0.2) is 9.36 Å². The van der Waals surface area contributed by atoms with E-state index in [-0.39, 0.29) is 5.78 Å². The topological polar surface area (TPSA) is 104 Å². The largest absolute Gasteiger partial charge is 0.298 e. The SMILES string of the molecule is O=C(CSc1nnnn1C1CCCCC1)CSc1nnnn1C1CCCCC1. The van der Waals surface area contributed by atoms with E-state index in [1.54, 1.807) is 0 Å². The Morgan fingerprint density at radius 3 is 1.61 bits per heavy atom. The third-order valence-electron chi connectivity index (χ3n) is 5.49. The van der Waals surface area contributed by atoms with Crippen molar-refractivity contribution in [2.75, 3.05) is 11.5 Å². The van der Waals surface area contributed by atoms with Crippen LogP contribution in [0.25, 0.3) is 0 Å². The number of aromatic nitrogens is 8. The molecular formula is C17H26N8OS2. The zero-order valence-corrected chi connectivity index (χ0v) is 17.6. The van der Waals surface area contributed by atoms with E-state index in [4.69, 9.17) is 0 Å². The molecular weight excluding hydrogens is 396 g/mol. The van der Waals surface area contributed by atoms with Gasteiger partial charge in [-0.1, -0.05) is 62.0 Å². The van der Waals surface area contributed by atoms with E-state index in [1.165, 1.54) is 62.0 Å². The number of hydrogen-bond donors (Lipinski definition) is 0. The summed E-state index contributed by atoms with van der Waals surface area (Å²) in [7, 11) is 0. The van der Waals surface area contributed by atoms with Crippen molar-refractivity contribution >= 4 is 29.3 Å². The first-order chi connectivity index (χ1) is 13.8. The predicted octanol–water partition coefficient (Wildman–Crippen LogP) is 3.12. The van der Waals surface area contributed by atoms with Crippen LogP contribution in [0.1, 0.15) is 76.3 Å². The Kier molecular flexibility index (Phi) is 6.95. The molecule has 2 aliphatic rings. The van der Waals surface area contributed by atoms with Gasteiger partial charge in [-0.15, -0.1) is 10.2 Å². The lowest BCUT2D eigenvalue weighted by atomic mass is 9.96. The molecule has 0 bridgehead atoms. The fourth-order valence-electron chi connectivity index (χ4n) is 4.00. The first kappa shape index (κ1) is 19.8. The summed E-state index contributed by atoms with van der Waals surface area (Å²) >= 11 is 2.86. The molecule has 2 saturated carbocycles. The molecule has 2 fully saturated rings. The average Bonchev–Trinajstić information content (AvgIpc) is 3.41. The van der Waals surface area contributed by atoms with Gasteiger partial charge in [0, 0.05) is 0 Å². The number of nitrogens with zero attached hydrogens (tertiary/aromatic N) is 8. The van der Waals surface area contributed by atoms with E-state index < -0.39 is 0 Å². The molecule has 2 aliphatic carbocycles. The van der Waals surface area contributed by atoms with Gasteiger partial charge in [0.15, 0.2) is 5.78 Å². The van der Waals surface area contributed by atoms with Gasteiger partial charge in [0.25, 0.3) is 0 Å². The summed E-state index contributed by atoms with van der Waals surface area (Å²) in [5.74, 6) is 0.877. The Hall–Kier alpha value is -1.49. The van der Waals surface area contributed by atoms with Crippen LogP contribution in [-0.4, -0.2) is 57.7 Å². The van der Waals surface area contributed by atoms with Crippen LogP contribution in [0.5, 0.6) is 0 Å². The molecule has 0 unspecified atom stereocenters. The number of carbonyl (C=O) groups excluding carboxylic acids is 1. The Morgan fingerprint density at radius 2 is 1.18 bits per heavy atom. The van der Waals surface area contributed by atoms with Crippen molar-refractivity contribution in [3.05, 3.63) is 0 Å². The number of ketones is 1. The minimum atomic E-state index is 0.145. The molecule has 0 atom stereocenters. The second-order valence-electron chi connectivity index (χ2n) is 7.51. The van der Waals surface area contributed by atoms with Crippen LogP contribution in [-0.2, 0) is 4.79 Å². The van der Waals surface area contributed by atoms with E-state index in [2.05, 4.69) is 31.1 Å². The Bertz CT molecular complexity index is 705. The zero-order valence-electron chi connectivity index (χ0n) is 15.9. The molecule has 0 spiro atoms. The van der Waals surface area contributed by atoms with Gasteiger partial charge in [-0.2, -0.15) is 0 Å². The maximum Gasteiger partial charge on any atom is 0.210 e. The van der Waals surface area contributed by atoms with Crippen LogP contribution in [0.4, 0.5) is 0 Å². The van der Waals surface area contributed by atoms with Crippen LogP contribution in [0, 0.1) is 0 Å². The normalized spacial score (nSPS) is 19.1. The number of thioether (sulfide) groups is 2. The standard InChI is InChI=1S/C17H26N8OS2/c26-15(11-27-16-18-20-22-24(16)13-7-3-1-4-8-13)12-28-17-19-21-23-25(17)14-9-5-2-6-10-14/h13-14H,1-12H2. The molecule has 28 heavy (non-hydrogen) atoms. The molecule has 2 aromatic rings. The first-order valence-corrected chi connectivity index (χ1v) is 12.1. The fraction of sp³-hybridized carbons (Fsp3) is 0.824. The Balaban J connectivity index is 1.27. The highest BCUT2D eigenvalue weighted by Crippen LogP contribution is 2.31. The quantitative estimate of drug-likeness (QED) is 0.593. The molecule has 0 N–H and O–H groups in total. The van der Waals surface area contributed by atoms with Gasteiger partial charge < -0.3 is 0 Å². The van der Waals surface area contributed by atoms with Crippen LogP contribution in [0.15, 0.2) is 10.3 Å². The predicted molar refractivity (Wildman–Crippen MR) is 106 cm³/mol. The lowest BCUT2D eigenvalue weighted by Crippen LogP contribution is -2.16. The molecule has 152 valence electrons. The van der Waals surface area contributed by atoms with E-state index in [0.717, 1.165) is 36.0 Å². The number of tetrazole rings is 2. The van der Waals surface area contributed by atoms with Crippen LogP contribution in [0.2, 0.25) is 0 Å². The van der Waals surface area contributed by atoms with E-state index in [0.29, 0.717) is 23.6 Å². The molecule has 0 saturated heterocycles. The van der Waals surface area contributed by atoms with E-state index in [1.807, 2.05) is 9.36 Å². The van der Waals surface area contributed by atoms with E-state index in [9.17, 15) is 4.79 Å². The summed E-state index contributed by atoms with van der Waals surface area (Å²) in [6.07, 6.45) is 11.9. The van der Waals surface area contributed by atoms with Gasteiger partial charge in [0.05, 0.1) is 23.6 Å². The summed E-state index contributed by atoms with van der Waals surface area (Å²) < 4.78 is 3.82. The number of rotatable bonds is 8. The van der Waals surface area contributed by atoms with Gasteiger partial charge in [0.2, 0.25) is 10.3 Å². The molecule has 0 amide bonds. The van der Waals surface area contributed by atoms with Gasteiger partial charge in [-0.05, 0) is 46.5 Å². The summed E-state index contributed by atoms with van der Waals surface area (Å²) in [4.78, 5) is 12.4. The molecule has 9 nitrogen and oxygen atoms in total. The summed E-state index contributed by atoms with van der Waals surface area (Å²) in [5, 5.41) is 25.7. The average molecular weight is 423 g/mol. The third kappa shape index (κ3) is 4.91. The maximum atomic E-state index is 12.4. The van der Waals surface area contributed by atoms with Crippen LogP contribution in [0.3, 0.4) is 0 Å². The Labute approximate surface area is 172 Å². The van der Waals surface area contributed by atoms with Crippen molar-refractivity contribution in [1.82, 2.24) is 40.4 Å². The maximum absolute atomic E-state index is 12.4. The van der Waals surface area contributed by atoms with Gasteiger partial charge in [0.1, 0.15) is 0 Å². The van der Waals surface area contributed by atoms with Crippen molar-refractivity contribution in [3.8, 4) is 0 Å². The van der Waals surface area contributed by atoms with Crippen molar-refractivity contribution in [3.63, 3.8) is 0 Å². The molecule has 0 aromatic carbocycles. The number of carbonyl (C=O) groups is 1. The lowest BCUT2D eigenvalue weighted by Gasteiger charge is -2.22. The highest BCUT2D eigenvalue weighted by molar-refractivity contribution is 8.01. The molecule has 4 rings (SSSR count). The molecule has 2 aromatic heterocycles. The molecule has 11 heteroatoms. The molecule has 0 aliphatic heterocycles. The zero-order chi connectivity index (χ0) is 19.2. The van der Waals surface area contributed by atoms with E-state index >= 15 is 0 Å². The van der Waals surface area contributed by atoms with Crippen LogP contribution < -0.4 is 0 Å². The van der Waals surface area contributed by atoms with Crippen molar-refractivity contribution < 1.29 is 4.79 Å². The second kappa shape index (κ2) is 9.82. The van der Waals surface area contributed by atoms with Gasteiger partial charge >= 0.3 is 0 Å². The summed E-state index contributed by atoms with van der Waals surface area (Å²) in [5.41, 5.74) is 0. The van der Waals surface area contributed by atoms with Gasteiger partial charge in [-0.3, -0.25) is 4.79 Å².